The molecule has 4 rings (SSSR count). The van der Waals surface area contributed by atoms with Crippen molar-refractivity contribution in [2.45, 2.75) is 6.10 Å². The Bertz CT molecular complexity index is 892. The normalized spacial score (nSPS) is 20.0. The van der Waals surface area contributed by atoms with E-state index in [-0.39, 0.29) is 11.8 Å². The molecule has 3 heterocycles. The van der Waals surface area contributed by atoms with Gasteiger partial charge in [0.25, 0.3) is 5.91 Å². The van der Waals surface area contributed by atoms with Gasteiger partial charge in [0.1, 0.15) is 5.69 Å². The second-order valence-electron chi connectivity index (χ2n) is 6.25. The van der Waals surface area contributed by atoms with Gasteiger partial charge in [-0.15, -0.1) is 0 Å². The lowest BCUT2D eigenvalue weighted by Gasteiger charge is -2.15. The van der Waals surface area contributed by atoms with Gasteiger partial charge >= 0.3 is 0 Å². The number of para-hydroxylation sites is 1. The Kier molecular flexibility index (Phi) is 4.21. The third-order valence-corrected chi connectivity index (χ3v) is 4.56. The van der Waals surface area contributed by atoms with Gasteiger partial charge in [-0.3, -0.25) is 4.79 Å². The minimum atomic E-state index is -0.423. The molecule has 0 saturated carbocycles. The summed E-state index contributed by atoms with van der Waals surface area (Å²) in [4.78, 5) is 17.4. The fourth-order valence-electron chi connectivity index (χ4n) is 3.16. The minimum absolute atomic E-state index is 0.0293. The molecule has 1 aromatic carbocycles. The fraction of sp³-hybridized carbons (Fsp3) is 0.263. The molecule has 3 N–H and O–H groups in total. The molecule has 0 bridgehead atoms. The molecule has 2 aromatic heterocycles. The molecule has 2 unspecified atom stereocenters. The maximum Gasteiger partial charge on any atom is 0.252 e. The highest BCUT2D eigenvalue weighted by Gasteiger charge is 2.25. The first-order chi connectivity index (χ1) is 12.2. The van der Waals surface area contributed by atoms with Crippen LogP contribution in [0.2, 0.25) is 0 Å². The van der Waals surface area contributed by atoms with Crippen LogP contribution in [0.15, 0.2) is 53.1 Å². The molecule has 6 nitrogen and oxygen atoms in total. The van der Waals surface area contributed by atoms with E-state index in [0.29, 0.717) is 36.7 Å². The Labute approximate surface area is 144 Å². The number of hydrogen-bond acceptors (Lipinski definition) is 5. The summed E-state index contributed by atoms with van der Waals surface area (Å²) in [6.07, 6.45) is 1.16. The number of carbonyl (C=O) groups excluding carboxylic acids is 1. The zero-order valence-corrected chi connectivity index (χ0v) is 13.6. The average molecular weight is 337 g/mol. The molecule has 3 aromatic rings. The maximum absolute atomic E-state index is 12.8. The van der Waals surface area contributed by atoms with E-state index in [4.69, 9.17) is 4.42 Å². The highest BCUT2D eigenvalue weighted by molar-refractivity contribution is 6.07. The molecule has 1 fully saturated rings. The van der Waals surface area contributed by atoms with Gasteiger partial charge in [-0.05, 0) is 24.3 Å². The lowest BCUT2D eigenvalue weighted by molar-refractivity contribution is 0.0928. The summed E-state index contributed by atoms with van der Waals surface area (Å²) in [5.41, 5.74) is 1.91. The van der Waals surface area contributed by atoms with Crippen LogP contribution < -0.4 is 10.6 Å². The molecule has 0 aliphatic carbocycles. The van der Waals surface area contributed by atoms with Gasteiger partial charge in [0, 0.05) is 30.9 Å². The van der Waals surface area contributed by atoms with Gasteiger partial charge in [-0.1, -0.05) is 18.2 Å². The van der Waals surface area contributed by atoms with Crippen LogP contribution in [0.5, 0.6) is 0 Å². The summed E-state index contributed by atoms with van der Waals surface area (Å²) < 4.78 is 5.42. The number of nitrogens with one attached hydrogen (secondary N) is 2. The molecule has 2 atom stereocenters. The van der Waals surface area contributed by atoms with E-state index in [1.54, 1.807) is 18.4 Å². The fourth-order valence-corrected chi connectivity index (χ4v) is 3.16. The number of rotatable bonds is 4. The van der Waals surface area contributed by atoms with Crippen LogP contribution in [0.3, 0.4) is 0 Å². The summed E-state index contributed by atoms with van der Waals surface area (Å²) in [6, 6.07) is 12.9. The molecule has 0 spiro atoms. The Hall–Kier alpha value is -2.70. The molecular formula is C19H19N3O3. The topological polar surface area (TPSA) is 87.4 Å². The van der Waals surface area contributed by atoms with Crippen molar-refractivity contribution in [1.82, 2.24) is 15.6 Å². The van der Waals surface area contributed by atoms with Crippen molar-refractivity contribution >= 4 is 16.8 Å². The second-order valence-corrected chi connectivity index (χ2v) is 6.25. The average Bonchev–Trinajstić information content (AvgIpc) is 3.30. The third kappa shape index (κ3) is 3.14. The number of aliphatic hydroxyl groups excluding tert-OH is 1. The molecule has 1 amide bonds. The monoisotopic (exact) mass is 337 g/mol. The number of aromatic nitrogens is 1. The summed E-state index contributed by atoms with van der Waals surface area (Å²) in [7, 11) is 0. The van der Waals surface area contributed by atoms with E-state index in [1.165, 1.54) is 0 Å². The number of β-amino-alcohol motifs (C(OH)–C–C–N with tert-alkyl or cyclic N) is 1. The van der Waals surface area contributed by atoms with Gasteiger partial charge in [-0.25, -0.2) is 4.98 Å². The first-order valence-electron chi connectivity index (χ1n) is 8.33. The molecule has 1 saturated heterocycles. The smallest absolute Gasteiger partial charge is 0.252 e. The number of furan rings is 1. The van der Waals surface area contributed by atoms with Gasteiger partial charge in [0.2, 0.25) is 0 Å². The summed E-state index contributed by atoms with van der Waals surface area (Å²) in [6.45, 7) is 1.71. The molecule has 1 aliphatic heterocycles. The van der Waals surface area contributed by atoms with Crippen molar-refractivity contribution in [3.63, 3.8) is 0 Å². The van der Waals surface area contributed by atoms with Crippen LogP contribution in [0, 0.1) is 5.92 Å². The number of amides is 1. The quantitative estimate of drug-likeness (QED) is 0.676. The molecule has 1 aliphatic rings. The van der Waals surface area contributed by atoms with E-state index in [2.05, 4.69) is 15.6 Å². The maximum atomic E-state index is 12.8. The molecule has 6 heteroatoms. The lowest BCUT2D eigenvalue weighted by atomic mass is 10.0. The summed E-state index contributed by atoms with van der Waals surface area (Å²) in [5, 5.41) is 16.7. The molecular weight excluding hydrogens is 318 g/mol. The number of fused-ring (bicyclic) bond motifs is 1. The number of aliphatic hydroxyl groups is 1. The van der Waals surface area contributed by atoms with Gasteiger partial charge in [-0.2, -0.15) is 0 Å². The van der Waals surface area contributed by atoms with Crippen LogP contribution in [-0.4, -0.2) is 41.7 Å². The Morgan fingerprint density at radius 2 is 2.16 bits per heavy atom. The predicted molar refractivity (Wildman–Crippen MR) is 94.1 cm³/mol. The lowest BCUT2D eigenvalue weighted by Crippen LogP contribution is -2.34. The number of carbonyl (C=O) groups is 1. The second kappa shape index (κ2) is 6.66. The van der Waals surface area contributed by atoms with Crippen LogP contribution in [0.1, 0.15) is 10.4 Å². The van der Waals surface area contributed by atoms with Crippen LogP contribution in [0.4, 0.5) is 0 Å². The Morgan fingerprint density at radius 3 is 2.92 bits per heavy atom. The third-order valence-electron chi connectivity index (χ3n) is 4.56. The molecule has 128 valence electrons. The van der Waals surface area contributed by atoms with Crippen molar-refractivity contribution in [3.05, 3.63) is 54.3 Å². The summed E-state index contributed by atoms with van der Waals surface area (Å²) >= 11 is 0. The minimum Gasteiger partial charge on any atom is -0.463 e. The number of pyridine rings is 1. The Balaban J connectivity index is 1.66. The number of hydrogen-bond donors (Lipinski definition) is 3. The van der Waals surface area contributed by atoms with Gasteiger partial charge in [0.05, 0.1) is 23.4 Å². The van der Waals surface area contributed by atoms with Crippen LogP contribution >= 0.6 is 0 Å². The van der Waals surface area contributed by atoms with Crippen LogP contribution in [-0.2, 0) is 0 Å². The largest absolute Gasteiger partial charge is 0.463 e. The molecule has 25 heavy (non-hydrogen) atoms. The first kappa shape index (κ1) is 15.8. The highest BCUT2D eigenvalue weighted by atomic mass is 16.3. The van der Waals surface area contributed by atoms with Crippen molar-refractivity contribution in [2.24, 2.45) is 5.92 Å². The predicted octanol–water partition coefficient (Wildman–Crippen LogP) is 1.80. The number of nitrogens with zero attached hydrogens (tertiary/aromatic N) is 1. The van der Waals surface area contributed by atoms with Crippen molar-refractivity contribution in [3.8, 4) is 11.5 Å². The van der Waals surface area contributed by atoms with Crippen molar-refractivity contribution in [1.29, 1.82) is 0 Å². The zero-order valence-electron chi connectivity index (χ0n) is 13.6. The SMILES string of the molecule is O=C(NCC1CNCC1O)c1cc(-c2ccco2)nc2ccccc12. The van der Waals surface area contributed by atoms with E-state index >= 15 is 0 Å². The van der Waals surface area contributed by atoms with Crippen molar-refractivity contribution in [2.75, 3.05) is 19.6 Å². The van der Waals surface area contributed by atoms with Crippen LogP contribution in [0.25, 0.3) is 22.4 Å². The van der Waals surface area contributed by atoms with E-state index in [0.717, 1.165) is 10.9 Å². The van der Waals surface area contributed by atoms with Gasteiger partial charge in [0.15, 0.2) is 5.76 Å². The van der Waals surface area contributed by atoms with E-state index in [9.17, 15) is 9.90 Å². The zero-order chi connectivity index (χ0) is 17.2. The van der Waals surface area contributed by atoms with E-state index in [1.807, 2.05) is 30.3 Å². The Morgan fingerprint density at radius 1 is 1.28 bits per heavy atom. The van der Waals surface area contributed by atoms with Gasteiger partial charge < -0.3 is 20.2 Å². The standard InChI is InChI=1S/C19H19N3O3/c23-17-11-20-9-12(17)10-21-19(24)14-8-16(18-6-3-7-25-18)22-15-5-2-1-4-13(14)15/h1-8,12,17,20,23H,9-11H2,(H,21,24). The number of benzene rings is 1. The molecule has 0 radical (unpaired) electrons. The summed E-state index contributed by atoms with van der Waals surface area (Å²) in [5.74, 6) is 0.474. The van der Waals surface area contributed by atoms with Crippen molar-refractivity contribution < 1.29 is 14.3 Å². The first-order valence-corrected chi connectivity index (χ1v) is 8.33. The van der Waals surface area contributed by atoms with E-state index < -0.39 is 6.10 Å². The highest BCUT2D eigenvalue weighted by Crippen LogP contribution is 2.25.